The molecular formula is C13H18N4O4S. The summed E-state index contributed by atoms with van der Waals surface area (Å²) in [5, 5.41) is 9.27. The van der Waals surface area contributed by atoms with Crippen molar-refractivity contribution in [2.45, 2.75) is 32.0 Å². The van der Waals surface area contributed by atoms with Gasteiger partial charge in [-0.1, -0.05) is 25.6 Å². The lowest BCUT2D eigenvalue weighted by atomic mass is 10.1. The minimum absolute atomic E-state index is 0.156. The largest absolute Gasteiger partial charge is 0.481 e. The minimum Gasteiger partial charge on any atom is -0.481 e. The Bertz CT molecular complexity index is 818. The van der Waals surface area contributed by atoms with E-state index in [1.807, 2.05) is 0 Å². The highest BCUT2D eigenvalue weighted by Crippen LogP contribution is 2.22. The third-order valence-electron chi connectivity index (χ3n) is 3.23. The van der Waals surface area contributed by atoms with Gasteiger partial charge in [-0.15, -0.1) is 0 Å². The molecule has 0 amide bonds. The van der Waals surface area contributed by atoms with Crippen molar-refractivity contribution >= 4 is 28.9 Å². The summed E-state index contributed by atoms with van der Waals surface area (Å²) in [6.45, 7) is 4.66. The summed E-state index contributed by atoms with van der Waals surface area (Å²) in [5.74, 6) is -0.701. The average molecular weight is 326 g/mol. The SMILES string of the molecule is CC(C)CCn1c(SCC(=O)O)nc2c1c(=O)[nH]c(=O)n2C. The number of carboxylic acids is 1. The van der Waals surface area contributed by atoms with Gasteiger partial charge in [-0.2, -0.15) is 0 Å². The first-order chi connectivity index (χ1) is 10.3. The summed E-state index contributed by atoms with van der Waals surface area (Å²) < 4.78 is 2.95. The lowest BCUT2D eigenvalue weighted by molar-refractivity contribution is -0.133. The predicted molar refractivity (Wildman–Crippen MR) is 83.4 cm³/mol. The number of thioether (sulfide) groups is 1. The van der Waals surface area contributed by atoms with Crippen molar-refractivity contribution in [2.75, 3.05) is 5.75 Å². The lowest BCUT2D eigenvalue weighted by Crippen LogP contribution is -2.29. The Labute approximate surface area is 130 Å². The number of aromatic nitrogens is 4. The maximum absolute atomic E-state index is 12.1. The van der Waals surface area contributed by atoms with Crippen LogP contribution in [0.4, 0.5) is 0 Å². The zero-order valence-electron chi connectivity index (χ0n) is 12.6. The first-order valence-electron chi connectivity index (χ1n) is 6.85. The smallest absolute Gasteiger partial charge is 0.329 e. The fraction of sp³-hybridized carbons (Fsp3) is 0.538. The highest BCUT2D eigenvalue weighted by atomic mass is 32.2. The molecule has 0 aromatic carbocycles. The molecule has 2 aromatic heterocycles. The van der Waals surface area contributed by atoms with E-state index in [0.29, 0.717) is 23.1 Å². The van der Waals surface area contributed by atoms with Gasteiger partial charge in [-0.3, -0.25) is 19.1 Å². The minimum atomic E-state index is -0.963. The van der Waals surface area contributed by atoms with E-state index in [1.165, 1.54) is 11.6 Å². The van der Waals surface area contributed by atoms with E-state index in [1.54, 1.807) is 4.57 Å². The maximum Gasteiger partial charge on any atom is 0.329 e. The highest BCUT2D eigenvalue weighted by Gasteiger charge is 2.18. The van der Waals surface area contributed by atoms with Gasteiger partial charge < -0.3 is 9.67 Å². The Morgan fingerprint density at radius 1 is 1.41 bits per heavy atom. The van der Waals surface area contributed by atoms with Crippen LogP contribution < -0.4 is 11.2 Å². The molecule has 0 saturated heterocycles. The number of H-pyrrole nitrogens is 1. The number of fused-ring (bicyclic) bond motifs is 1. The number of imidazole rings is 1. The molecule has 0 fully saturated rings. The second-order valence-corrected chi connectivity index (χ2v) is 6.34. The highest BCUT2D eigenvalue weighted by molar-refractivity contribution is 7.99. The molecule has 2 N–H and O–H groups in total. The van der Waals surface area contributed by atoms with Crippen molar-refractivity contribution in [1.29, 1.82) is 0 Å². The molecule has 2 rings (SSSR count). The first kappa shape index (κ1) is 16.3. The van der Waals surface area contributed by atoms with Crippen molar-refractivity contribution in [2.24, 2.45) is 13.0 Å². The first-order valence-corrected chi connectivity index (χ1v) is 7.84. The summed E-state index contributed by atoms with van der Waals surface area (Å²) in [6.07, 6.45) is 0.814. The van der Waals surface area contributed by atoms with E-state index < -0.39 is 17.2 Å². The summed E-state index contributed by atoms with van der Waals surface area (Å²) in [6, 6.07) is 0. The third kappa shape index (κ3) is 3.24. The van der Waals surface area contributed by atoms with Crippen molar-refractivity contribution in [3.05, 3.63) is 20.8 Å². The van der Waals surface area contributed by atoms with Crippen molar-refractivity contribution in [1.82, 2.24) is 19.1 Å². The summed E-state index contributed by atoms with van der Waals surface area (Å²) in [4.78, 5) is 41.1. The van der Waals surface area contributed by atoms with Crippen LogP contribution in [0.25, 0.3) is 11.2 Å². The van der Waals surface area contributed by atoms with Crippen LogP contribution in [0, 0.1) is 5.92 Å². The van der Waals surface area contributed by atoms with Crippen molar-refractivity contribution < 1.29 is 9.90 Å². The van der Waals surface area contributed by atoms with Gasteiger partial charge in [-0.25, -0.2) is 9.78 Å². The Hall–Kier alpha value is -2.03. The number of nitrogens with one attached hydrogen (secondary N) is 1. The Kier molecular flexibility index (Phi) is 4.74. The number of carbonyl (C=O) groups is 1. The summed E-state index contributed by atoms with van der Waals surface area (Å²) in [5.41, 5.74) is -0.474. The van der Waals surface area contributed by atoms with Gasteiger partial charge in [0.05, 0.1) is 5.75 Å². The van der Waals surface area contributed by atoms with E-state index in [4.69, 9.17) is 5.11 Å². The fourth-order valence-corrected chi connectivity index (χ4v) is 2.79. The zero-order valence-corrected chi connectivity index (χ0v) is 13.4. The molecule has 120 valence electrons. The molecule has 2 heterocycles. The van der Waals surface area contributed by atoms with Crippen LogP contribution in [0.5, 0.6) is 0 Å². The van der Waals surface area contributed by atoms with Crippen LogP contribution in [0.15, 0.2) is 14.7 Å². The van der Waals surface area contributed by atoms with Crippen LogP contribution in [-0.2, 0) is 18.4 Å². The Morgan fingerprint density at radius 2 is 2.09 bits per heavy atom. The lowest BCUT2D eigenvalue weighted by Gasteiger charge is -2.09. The molecule has 0 aliphatic rings. The molecular weight excluding hydrogens is 308 g/mol. The number of hydrogen-bond donors (Lipinski definition) is 2. The molecule has 0 radical (unpaired) electrons. The predicted octanol–water partition coefficient (Wildman–Crippen LogP) is 0.646. The van der Waals surface area contributed by atoms with Gasteiger partial charge in [0.1, 0.15) is 0 Å². The molecule has 0 spiro atoms. The normalized spacial score (nSPS) is 11.5. The molecule has 0 atom stereocenters. The van der Waals surface area contributed by atoms with E-state index in [-0.39, 0.29) is 11.4 Å². The number of aliphatic carboxylic acids is 1. The van der Waals surface area contributed by atoms with E-state index in [0.717, 1.165) is 18.2 Å². The van der Waals surface area contributed by atoms with Crippen LogP contribution >= 0.6 is 11.8 Å². The quantitative estimate of drug-likeness (QED) is 0.754. The van der Waals surface area contributed by atoms with Crippen LogP contribution in [0.2, 0.25) is 0 Å². The molecule has 0 aliphatic heterocycles. The number of aryl methyl sites for hydroxylation is 2. The standard InChI is InChI=1S/C13H18N4O4S/c1-7(2)4-5-17-9-10(14-13(17)22-6-8(18)19)16(3)12(21)15-11(9)20/h7H,4-6H2,1-3H3,(H,18,19)(H,15,20,21). The third-order valence-corrected chi connectivity index (χ3v) is 4.19. The van der Waals surface area contributed by atoms with E-state index >= 15 is 0 Å². The number of carboxylic acid groups (broad SMARTS) is 1. The molecule has 2 aromatic rings. The maximum atomic E-state index is 12.1. The molecule has 9 heteroatoms. The summed E-state index contributed by atoms with van der Waals surface area (Å²) in [7, 11) is 1.52. The van der Waals surface area contributed by atoms with E-state index in [9.17, 15) is 14.4 Å². The number of rotatable bonds is 6. The molecule has 0 saturated carbocycles. The average Bonchev–Trinajstić information content (AvgIpc) is 2.79. The van der Waals surface area contributed by atoms with Crippen LogP contribution in [-0.4, -0.2) is 35.9 Å². The van der Waals surface area contributed by atoms with E-state index in [2.05, 4.69) is 23.8 Å². The van der Waals surface area contributed by atoms with Gasteiger partial charge >= 0.3 is 11.7 Å². The molecule has 0 aliphatic carbocycles. The molecule has 0 unspecified atom stereocenters. The van der Waals surface area contributed by atoms with Crippen LogP contribution in [0.1, 0.15) is 20.3 Å². The van der Waals surface area contributed by atoms with Crippen molar-refractivity contribution in [3.8, 4) is 0 Å². The van der Waals surface area contributed by atoms with Gasteiger partial charge in [0.15, 0.2) is 16.3 Å². The van der Waals surface area contributed by atoms with Gasteiger partial charge in [-0.05, 0) is 12.3 Å². The monoisotopic (exact) mass is 326 g/mol. The van der Waals surface area contributed by atoms with Gasteiger partial charge in [0.25, 0.3) is 5.56 Å². The fourth-order valence-electron chi connectivity index (χ4n) is 2.05. The Morgan fingerprint density at radius 3 is 2.68 bits per heavy atom. The molecule has 22 heavy (non-hydrogen) atoms. The number of hydrogen-bond acceptors (Lipinski definition) is 5. The second-order valence-electron chi connectivity index (χ2n) is 5.40. The topological polar surface area (TPSA) is 110 Å². The summed E-state index contributed by atoms with van der Waals surface area (Å²) >= 11 is 1.04. The Balaban J connectivity index is 2.61. The number of nitrogens with zero attached hydrogens (tertiary/aromatic N) is 3. The zero-order chi connectivity index (χ0) is 16.4. The van der Waals surface area contributed by atoms with Gasteiger partial charge in [0.2, 0.25) is 0 Å². The van der Waals surface area contributed by atoms with Crippen LogP contribution in [0.3, 0.4) is 0 Å². The van der Waals surface area contributed by atoms with Crippen molar-refractivity contribution in [3.63, 3.8) is 0 Å². The molecule has 8 nitrogen and oxygen atoms in total. The second kappa shape index (κ2) is 6.39. The molecule has 0 bridgehead atoms. The number of aromatic amines is 1. The van der Waals surface area contributed by atoms with Gasteiger partial charge in [0, 0.05) is 13.6 Å².